The van der Waals surface area contributed by atoms with E-state index in [4.69, 9.17) is 18.9 Å². The molecule has 0 fully saturated rings. The van der Waals surface area contributed by atoms with E-state index >= 15 is 0 Å². The van der Waals surface area contributed by atoms with E-state index in [1.807, 2.05) is 0 Å². The highest BCUT2D eigenvalue weighted by atomic mass is 16.5. The average Bonchev–Trinajstić information content (AvgIpc) is 3.23. The van der Waals surface area contributed by atoms with Crippen molar-refractivity contribution in [2.75, 3.05) is 26.4 Å². The van der Waals surface area contributed by atoms with E-state index in [1.165, 1.54) is 77.0 Å². The van der Waals surface area contributed by atoms with Crippen molar-refractivity contribution in [1.82, 2.24) is 0 Å². The second-order valence-electron chi connectivity index (χ2n) is 15.3. The van der Waals surface area contributed by atoms with Crippen molar-refractivity contribution in [3.8, 4) is 11.5 Å². The molecule has 0 aliphatic carbocycles. The lowest BCUT2D eigenvalue weighted by atomic mass is 10.1. The molecular formula is C51H82O7. The summed E-state index contributed by atoms with van der Waals surface area (Å²) in [5.41, 5.74) is 0.434. The van der Waals surface area contributed by atoms with Crippen LogP contribution in [-0.2, 0) is 19.1 Å². The van der Waals surface area contributed by atoms with Gasteiger partial charge in [0.15, 0.2) is 6.29 Å². The molecule has 0 spiro atoms. The minimum Gasteiger partial charge on any atom is -0.494 e. The SMILES string of the molecule is CCCCC/C=C\C/C=C\CCCCCCCC(=O)OCCCCOc1ccc(OCCCCOC(=O)CCCCCCC/C=C\C/C=C\CCCCC)c(C=O)c1. The van der Waals surface area contributed by atoms with Gasteiger partial charge >= 0.3 is 11.9 Å². The van der Waals surface area contributed by atoms with E-state index in [9.17, 15) is 14.4 Å². The molecule has 0 aliphatic heterocycles. The van der Waals surface area contributed by atoms with Crippen molar-refractivity contribution in [2.24, 2.45) is 0 Å². The second kappa shape index (κ2) is 41.5. The van der Waals surface area contributed by atoms with E-state index in [0.29, 0.717) is 69.2 Å². The van der Waals surface area contributed by atoms with Crippen LogP contribution in [0.5, 0.6) is 11.5 Å². The molecule has 0 radical (unpaired) electrons. The first-order valence-electron chi connectivity index (χ1n) is 23.4. The zero-order valence-electron chi connectivity index (χ0n) is 36.9. The molecule has 0 aromatic heterocycles. The standard InChI is InChI=1S/C51H82O7/c1-3-5-7-9-11-13-15-17-19-21-23-25-27-29-31-37-50(53)57-43-35-33-41-55-48-39-40-49(47(45-48)46-52)56-42-34-36-44-58-51(54)38-32-30-28-26-24-22-20-18-16-14-12-10-8-6-4-2/h11-14,17-20,39-40,45-46H,3-10,15-16,21-38,41-44H2,1-2H3/b13-11-,14-12-,19-17-,20-18-. The molecule has 1 aromatic rings. The largest absolute Gasteiger partial charge is 0.494 e. The van der Waals surface area contributed by atoms with E-state index in [0.717, 1.165) is 83.3 Å². The van der Waals surface area contributed by atoms with Crippen molar-refractivity contribution in [1.29, 1.82) is 0 Å². The van der Waals surface area contributed by atoms with E-state index in [-0.39, 0.29) is 11.9 Å². The molecule has 0 unspecified atom stereocenters. The van der Waals surface area contributed by atoms with Crippen molar-refractivity contribution in [3.63, 3.8) is 0 Å². The van der Waals surface area contributed by atoms with Gasteiger partial charge in [-0.3, -0.25) is 14.4 Å². The molecule has 0 aliphatic rings. The second-order valence-corrected chi connectivity index (χ2v) is 15.3. The number of ether oxygens (including phenoxy) is 4. The highest BCUT2D eigenvalue weighted by Gasteiger charge is 2.08. The molecule has 0 saturated carbocycles. The summed E-state index contributed by atoms with van der Waals surface area (Å²) in [4.78, 5) is 35.8. The van der Waals surface area contributed by atoms with Crippen LogP contribution in [0.15, 0.2) is 66.8 Å². The summed E-state index contributed by atoms with van der Waals surface area (Å²) in [7, 11) is 0. The Bertz CT molecular complexity index is 1250. The maximum Gasteiger partial charge on any atom is 0.305 e. The number of unbranched alkanes of at least 4 members (excludes halogenated alkanes) is 18. The third-order valence-electron chi connectivity index (χ3n) is 9.90. The van der Waals surface area contributed by atoms with Gasteiger partial charge in [-0.2, -0.15) is 0 Å². The fourth-order valence-corrected chi connectivity index (χ4v) is 6.30. The first-order valence-corrected chi connectivity index (χ1v) is 23.4. The molecule has 0 saturated heterocycles. The minimum atomic E-state index is -0.130. The summed E-state index contributed by atoms with van der Waals surface area (Å²) in [6, 6.07) is 5.23. The number of hydrogen-bond donors (Lipinski definition) is 0. The zero-order chi connectivity index (χ0) is 41.8. The maximum absolute atomic E-state index is 12.1. The number of hydrogen-bond acceptors (Lipinski definition) is 7. The Morgan fingerprint density at radius 2 is 0.879 bits per heavy atom. The van der Waals surface area contributed by atoms with Crippen molar-refractivity contribution in [2.45, 2.75) is 194 Å². The first kappa shape index (κ1) is 52.4. The van der Waals surface area contributed by atoms with Crippen LogP contribution in [-0.4, -0.2) is 44.7 Å². The Hall–Kier alpha value is -3.61. The van der Waals surface area contributed by atoms with Gasteiger partial charge in [-0.05, 0) is 121 Å². The number of benzene rings is 1. The lowest BCUT2D eigenvalue weighted by molar-refractivity contribution is -0.144. The first-order chi connectivity index (χ1) is 28.6. The minimum absolute atomic E-state index is 0.123. The molecule has 0 atom stereocenters. The van der Waals surface area contributed by atoms with Gasteiger partial charge in [0.1, 0.15) is 11.5 Å². The Balaban J connectivity index is 1.98. The van der Waals surface area contributed by atoms with Crippen LogP contribution in [0.2, 0.25) is 0 Å². The fourth-order valence-electron chi connectivity index (χ4n) is 6.30. The quantitative estimate of drug-likeness (QED) is 0.0282. The van der Waals surface area contributed by atoms with Gasteiger partial charge in [0.2, 0.25) is 0 Å². The van der Waals surface area contributed by atoms with E-state index < -0.39 is 0 Å². The molecule has 0 bridgehead atoms. The van der Waals surface area contributed by atoms with Crippen LogP contribution < -0.4 is 9.47 Å². The van der Waals surface area contributed by atoms with Gasteiger partial charge in [-0.1, -0.05) is 127 Å². The van der Waals surface area contributed by atoms with Gasteiger partial charge in [0.25, 0.3) is 0 Å². The smallest absolute Gasteiger partial charge is 0.305 e. The Morgan fingerprint density at radius 3 is 1.34 bits per heavy atom. The van der Waals surface area contributed by atoms with Crippen LogP contribution in [0, 0.1) is 0 Å². The summed E-state index contributed by atoms with van der Waals surface area (Å²) in [6.45, 7) is 6.14. The van der Waals surface area contributed by atoms with Crippen molar-refractivity contribution >= 4 is 18.2 Å². The van der Waals surface area contributed by atoms with Crippen molar-refractivity contribution < 1.29 is 33.3 Å². The van der Waals surface area contributed by atoms with Gasteiger partial charge in [-0.25, -0.2) is 0 Å². The van der Waals surface area contributed by atoms with Crippen LogP contribution >= 0.6 is 0 Å². The monoisotopic (exact) mass is 807 g/mol. The third kappa shape index (κ3) is 34.4. The topological polar surface area (TPSA) is 88.1 Å². The molecule has 328 valence electrons. The summed E-state index contributed by atoms with van der Waals surface area (Å²) in [5.74, 6) is 0.858. The number of allylic oxidation sites excluding steroid dienone is 8. The highest BCUT2D eigenvalue weighted by Crippen LogP contribution is 2.23. The molecule has 7 nitrogen and oxygen atoms in total. The number of rotatable bonds is 41. The van der Waals surface area contributed by atoms with E-state index in [2.05, 4.69) is 62.5 Å². The molecule has 7 heteroatoms. The average molecular weight is 807 g/mol. The predicted octanol–water partition coefficient (Wildman–Crippen LogP) is 14.5. The van der Waals surface area contributed by atoms with Crippen LogP contribution in [0.3, 0.4) is 0 Å². The summed E-state index contributed by atoms with van der Waals surface area (Å²) in [6.07, 6.45) is 48.4. The lowest BCUT2D eigenvalue weighted by Crippen LogP contribution is -2.08. The fraction of sp³-hybridized carbons (Fsp3) is 0.667. The summed E-state index contributed by atoms with van der Waals surface area (Å²) >= 11 is 0. The molecule has 0 N–H and O–H groups in total. The van der Waals surface area contributed by atoms with Gasteiger partial charge in [0.05, 0.1) is 32.0 Å². The third-order valence-corrected chi connectivity index (χ3v) is 9.90. The number of carbonyl (C=O) groups is 3. The number of carbonyl (C=O) groups excluding carboxylic acids is 3. The Labute approximate surface area is 354 Å². The number of aldehydes is 1. The Morgan fingerprint density at radius 1 is 0.466 bits per heavy atom. The molecule has 0 amide bonds. The Kier molecular flexibility index (Phi) is 37.5. The predicted molar refractivity (Wildman–Crippen MR) is 242 cm³/mol. The van der Waals surface area contributed by atoms with Gasteiger partial charge in [0, 0.05) is 12.8 Å². The van der Waals surface area contributed by atoms with Crippen LogP contribution in [0.4, 0.5) is 0 Å². The normalized spacial score (nSPS) is 11.7. The summed E-state index contributed by atoms with van der Waals surface area (Å²) < 4.78 is 22.4. The molecule has 0 heterocycles. The highest BCUT2D eigenvalue weighted by molar-refractivity contribution is 5.80. The molecular weight excluding hydrogens is 725 g/mol. The van der Waals surface area contributed by atoms with Crippen molar-refractivity contribution in [3.05, 3.63) is 72.4 Å². The van der Waals surface area contributed by atoms with E-state index in [1.54, 1.807) is 18.2 Å². The van der Waals surface area contributed by atoms with Gasteiger partial charge < -0.3 is 18.9 Å². The zero-order valence-corrected chi connectivity index (χ0v) is 36.9. The molecule has 1 aromatic carbocycles. The number of esters is 2. The molecule has 1 rings (SSSR count). The van der Waals surface area contributed by atoms with Crippen LogP contribution in [0.25, 0.3) is 0 Å². The van der Waals surface area contributed by atoms with Gasteiger partial charge in [-0.15, -0.1) is 0 Å². The van der Waals surface area contributed by atoms with Crippen LogP contribution in [0.1, 0.15) is 204 Å². The summed E-state index contributed by atoms with van der Waals surface area (Å²) in [5, 5.41) is 0. The lowest BCUT2D eigenvalue weighted by Gasteiger charge is -2.11. The molecule has 58 heavy (non-hydrogen) atoms. The maximum atomic E-state index is 12.1.